The van der Waals surface area contributed by atoms with Crippen molar-refractivity contribution < 1.29 is 4.74 Å². The maximum absolute atomic E-state index is 6.06. The zero-order chi connectivity index (χ0) is 20.1. The molecule has 7 heteroatoms. The molecule has 0 radical (unpaired) electrons. The van der Waals surface area contributed by atoms with Gasteiger partial charge >= 0.3 is 6.01 Å². The first-order chi connectivity index (χ1) is 14.2. The van der Waals surface area contributed by atoms with Crippen LogP contribution in [0.25, 0.3) is 5.65 Å². The van der Waals surface area contributed by atoms with E-state index in [0.29, 0.717) is 24.1 Å². The Kier molecular flexibility index (Phi) is 6.24. The van der Waals surface area contributed by atoms with Gasteiger partial charge in [0.25, 0.3) is 0 Å². The molecule has 3 heterocycles. The van der Waals surface area contributed by atoms with Crippen LogP contribution in [0.15, 0.2) is 30.5 Å². The predicted octanol–water partition coefficient (Wildman–Crippen LogP) is 3.02. The Hall–Kier alpha value is -2.67. The number of hydrogen-bond donors (Lipinski definition) is 2. The van der Waals surface area contributed by atoms with Gasteiger partial charge < -0.3 is 15.8 Å². The first-order valence-electron chi connectivity index (χ1n) is 10.6. The number of nitrogens with one attached hydrogen (secondary N) is 1. The highest BCUT2D eigenvalue weighted by molar-refractivity contribution is 5.59. The van der Waals surface area contributed by atoms with E-state index in [9.17, 15) is 0 Å². The Labute approximate surface area is 171 Å². The number of aromatic nitrogens is 4. The standard InChI is InChI=1S/C22H30N6O/c1-2-3-12-29-22-26-20(23)21-25-15-19(28(21)27-22)14-17-6-4-16(5-7-17)13-18-8-10-24-11-9-18/h4-7,15,18,24H,2-3,8-14H2,1H3,(H2,23,26,27). The number of piperidine rings is 1. The van der Waals surface area contributed by atoms with Gasteiger partial charge in [-0.1, -0.05) is 37.6 Å². The van der Waals surface area contributed by atoms with Crippen molar-refractivity contribution >= 4 is 11.5 Å². The van der Waals surface area contributed by atoms with Gasteiger partial charge in [-0.05, 0) is 55.8 Å². The van der Waals surface area contributed by atoms with E-state index in [2.05, 4.69) is 51.6 Å². The number of rotatable bonds is 8. The number of imidazole rings is 1. The van der Waals surface area contributed by atoms with Gasteiger partial charge in [-0.15, -0.1) is 5.10 Å². The Morgan fingerprint density at radius 3 is 2.69 bits per heavy atom. The number of fused-ring (bicyclic) bond motifs is 1. The molecule has 29 heavy (non-hydrogen) atoms. The van der Waals surface area contributed by atoms with Crippen LogP contribution in [0.4, 0.5) is 5.82 Å². The summed E-state index contributed by atoms with van der Waals surface area (Å²) in [5.41, 5.74) is 10.2. The second-order valence-corrected chi connectivity index (χ2v) is 7.86. The maximum Gasteiger partial charge on any atom is 0.336 e. The van der Waals surface area contributed by atoms with E-state index < -0.39 is 0 Å². The third-order valence-electron chi connectivity index (χ3n) is 5.56. The summed E-state index contributed by atoms with van der Waals surface area (Å²) in [7, 11) is 0. The van der Waals surface area contributed by atoms with E-state index in [1.807, 2.05) is 6.20 Å². The third kappa shape index (κ3) is 4.85. The summed E-state index contributed by atoms with van der Waals surface area (Å²) in [4.78, 5) is 8.62. The molecule has 7 nitrogen and oxygen atoms in total. The maximum atomic E-state index is 6.06. The molecule has 0 saturated carbocycles. The number of benzene rings is 1. The number of hydrogen-bond acceptors (Lipinski definition) is 6. The van der Waals surface area contributed by atoms with Crippen LogP contribution < -0.4 is 15.8 Å². The lowest BCUT2D eigenvalue weighted by molar-refractivity contribution is 0.280. The first kappa shape index (κ1) is 19.6. The van der Waals surface area contributed by atoms with Crippen LogP contribution in [0.3, 0.4) is 0 Å². The lowest BCUT2D eigenvalue weighted by Gasteiger charge is -2.22. The minimum absolute atomic E-state index is 0.306. The Bertz CT molecular complexity index is 930. The van der Waals surface area contributed by atoms with Crippen molar-refractivity contribution in [3.05, 3.63) is 47.3 Å². The minimum Gasteiger partial charge on any atom is -0.462 e. The normalized spacial score (nSPS) is 15.1. The molecule has 1 fully saturated rings. The number of ether oxygens (including phenoxy) is 1. The largest absolute Gasteiger partial charge is 0.462 e. The molecular formula is C22H30N6O. The molecule has 0 atom stereocenters. The van der Waals surface area contributed by atoms with Gasteiger partial charge in [0.15, 0.2) is 11.5 Å². The second-order valence-electron chi connectivity index (χ2n) is 7.86. The first-order valence-corrected chi connectivity index (χ1v) is 10.6. The fourth-order valence-electron chi connectivity index (χ4n) is 3.84. The number of nitrogen functional groups attached to an aromatic ring is 1. The van der Waals surface area contributed by atoms with Crippen LogP contribution in [0, 0.1) is 5.92 Å². The fourth-order valence-corrected chi connectivity index (χ4v) is 3.84. The van der Waals surface area contributed by atoms with Gasteiger partial charge in [-0.3, -0.25) is 0 Å². The average molecular weight is 395 g/mol. The van der Waals surface area contributed by atoms with E-state index in [1.54, 1.807) is 4.52 Å². The van der Waals surface area contributed by atoms with Crippen molar-refractivity contribution in [1.29, 1.82) is 0 Å². The summed E-state index contributed by atoms with van der Waals surface area (Å²) in [5, 5.41) is 7.93. The molecule has 1 aliphatic rings. The molecule has 3 N–H and O–H groups in total. The molecule has 154 valence electrons. The van der Waals surface area contributed by atoms with Crippen molar-refractivity contribution in [2.24, 2.45) is 5.92 Å². The molecular weight excluding hydrogens is 364 g/mol. The summed E-state index contributed by atoms with van der Waals surface area (Å²) in [6.45, 7) is 5.00. The van der Waals surface area contributed by atoms with Gasteiger partial charge in [0.2, 0.25) is 0 Å². The van der Waals surface area contributed by atoms with Crippen molar-refractivity contribution in [3.8, 4) is 6.01 Å². The molecule has 1 aromatic carbocycles. The van der Waals surface area contributed by atoms with E-state index in [1.165, 1.54) is 30.4 Å². The van der Waals surface area contributed by atoms with Gasteiger partial charge in [0, 0.05) is 6.42 Å². The number of anilines is 1. The van der Waals surface area contributed by atoms with Crippen LogP contribution in [0.1, 0.15) is 49.4 Å². The molecule has 0 aliphatic carbocycles. The minimum atomic E-state index is 0.306. The molecule has 0 bridgehead atoms. The molecule has 2 aromatic heterocycles. The lowest BCUT2D eigenvalue weighted by atomic mass is 9.90. The third-order valence-corrected chi connectivity index (χ3v) is 5.56. The highest BCUT2D eigenvalue weighted by atomic mass is 16.5. The molecule has 0 unspecified atom stereocenters. The van der Waals surface area contributed by atoms with Gasteiger partial charge in [-0.25, -0.2) is 9.50 Å². The molecule has 1 saturated heterocycles. The van der Waals surface area contributed by atoms with E-state index in [0.717, 1.165) is 44.0 Å². The lowest BCUT2D eigenvalue weighted by Crippen LogP contribution is -2.28. The summed E-state index contributed by atoms with van der Waals surface area (Å²) >= 11 is 0. The van der Waals surface area contributed by atoms with E-state index in [4.69, 9.17) is 10.5 Å². The highest BCUT2D eigenvalue weighted by Gasteiger charge is 2.14. The summed E-state index contributed by atoms with van der Waals surface area (Å²) in [5.74, 6) is 1.14. The summed E-state index contributed by atoms with van der Waals surface area (Å²) in [6, 6.07) is 9.23. The predicted molar refractivity (Wildman–Crippen MR) is 114 cm³/mol. The molecule has 3 aromatic rings. The summed E-state index contributed by atoms with van der Waals surface area (Å²) in [6.07, 6.45) is 8.28. The summed E-state index contributed by atoms with van der Waals surface area (Å²) < 4.78 is 7.40. The molecule has 4 rings (SSSR count). The van der Waals surface area contributed by atoms with Crippen LogP contribution >= 0.6 is 0 Å². The Morgan fingerprint density at radius 2 is 1.93 bits per heavy atom. The number of nitrogens with two attached hydrogens (primary N) is 1. The van der Waals surface area contributed by atoms with Crippen molar-refractivity contribution in [3.63, 3.8) is 0 Å². The van der Waals surface area contributed by atoms with Gasteiger partial charge in [0.05, 0.1) is 18.5 Å². The zero-order valence-corrected chi connectivity index (χ0v) is 17.1. The monoisotopic (exact) mass is 394 g/mol. The number of unbranched alkanes of at least 4 members (excludes halogenated alkanes) is 1. The molecule has 0 spiro atoms. The van der Waals surface area contributed by atoms with Crippen molar-refractivity contribution in [2.75, 3.05) is 25.4 Å². The zero-order valence-electron chi connectivity index (χ0n) is 17.1. The van der Waals surface area contributed by atoms with Crippen LogP contribution in [-0.2, 0) is 12.8 Å². The Balaban J connectivity index is 1.46. The molecule has 1 aliphatic heterocycles. The SMILES string of the molecule is CCCCOc1nc(N)c2ncc(Cc3ccc(CC4CCNCC4)cc3)n2n1. The number of nitrogens with zero attached hydrogens (tertiary/aromatic N) is 4. The van der Waals surface area contributed by atoms with Gasteiger partial charge in [-0.2, -0.15) is 4.98 Å². The average Bonchev–Trinajstić information content (AvgIpc) is 3.14. The van der Waals surface area contributed by atoms with E-state index >= 15 is 0 Å². The van der Waals surface area contributed by atoms with Crippen LogP contribution in [-0.4, -0.2) is 39.3 Å². The van der Waals surface area contributed by atoms with Gasteiger partial charge in [0.1, 0.15) is 0 Å². The second kappa shape index (κ2) is 9.22. The molecule has 0 amide bonds. The smallest absolute Gasteiger partial charge is 0.336 e. The highest BCUT2D eigenvalue weighted by Crippen LogP contribution is 2.20. The van der Waals surface area contributed by atoms with E-state index in [-0.39, 0.29) is 0 Å². The van der Waals surface area contributed by atoms with Crippen molar-refractivity contribution in [1.82, 2.24) is 24.9 Å². The van der Waals surface area contributed by atoms with Crippen molar-refractivity contribution in [2.45, 2.75) is 45.4 Å². The van der Waals surface area contributed by atoms with Crippen LogP contribution in [0.2, 0.25) is 0 Å². The Morgan fingerprint density at radius 1 is 1.17 bits per heavy atom. The topological polar surface area (TPSA) is 90.4 Å². The van der Waals surface area contributed by atoms with Crippen LogP contribution in [0.5, 0.6) is 6.01 Å². The quantitative estimate of drug-likeness (QED) is 0.571. The fraction of sp³-hybridized carbons (Fsp3) is 0.500.